The summed E-state index contributed by atoms with van der Waals surface area (Å²) in [5, 5.41) is 2.10. The van der Waals surface area contributed by atoms with Gasteiger partial charge < -0.3 is 4.98 Å². The van der Waals surface area contributed by atoms with Crippen LogP contribution in [0.25, 0.3) is 10.4 Å². The number of nitrogens with zero attached hydrogens (tertiary/aromatic N) is 1. The van der Waals surface area contributed by atoms with Crippen LogP contribution in [-0.4, -0.2) is 9.97 Å². The molecule has 0 aliphatic heterocycles. The van der Waals surface area contributed by atoms with Gasteiger partial charge in [-0.2, -0.15) is 0 Å². The molecule has 1 N–H and O–H groups in total. The van der Waals surface area contributed by atoms with Gasteiger partial charge in [0.05, 0.1) is 0 Å². The number of hydrogen-bond acceptors (Lipinski definition) is 2. The van der Waals surface area contributed by atoms with E-state index in [-0.39, 0.29) is 0 Å². The van der Waals surface area contributed by atoms with Crippen LogP contribution in [0.4, 0.5) is 0 Å². The molecular formula is C14H12N2S. The van der Waals surface area contributed by atoms with Crippen molar-refractivity contribution in [1.82, 2.24) is 9.97 Å². The Morgan fingerprint density at radius 1 is 1.12 bits per heavy atom. The molecule has 0 amide bonds. The van der Waals surface area contributed by atoms with Crippen LogP contribution in [0, 0.1) is 0 Å². The van der Waals surface area contributed by atoms with Gasteiger partial charge in [0, 0.05) is 23.7 Å². The third-order valence-corrected chi connectivity index (χ3v) is 3.60. The first-order valence-corrected chi connectivity index (χ1v) is 6.41. The molecular weight excluding hydrogens is 228 g/mol. The number of imidazole rings is 1. The SMILES string of the molecule is c1csc(-c2ccc(Cc3ncc[nH]3)cc2)c1. The van der Waals surface area contributed by atoms with Crippen LogP contribution in [-0.2, 0) is 6.42 Å². The van der Waals surface area contributed by atoms with Crippen molar-refractivity contribution in [3.63, 3.8) is 0 Å². The molecule has 0 radical (unpaired) electrons. The molecule has 3 rings (SSSR count). The van der Waals surface area contributed by atoms with E-state index >= 15 is 0 Å². The molecule has 0 unspecified atom stereocenters. The van der Waals surface area contributed by atoms with Crippen LogP contribution in [0.3, 0.4) is 0 Å². The van der Waals surface area contributed by atoms with Crippen molar-refractivity contribution in [2.24, 2.45) is 0 Å². The lowest BCUT2D eigenvalue weighted by Gasteiger charge is -2.01. The molecule has 17 heavy (non-hydrogen) atoms. The fourth-order valence-electron chi connectivity index (χ4n) is 1.82. The van der Waals surface area contributed by atoms with Crippen molar-refractivity contribution in [2.75, 3.05) is 0 Å². The van der Waals surface area contributed by atoms with Crippen molar-refractivity contribution in [1.29, 1.82) is 0 Å². The molecule has 3 aromatic rings. The maximum atomic E-state index is 4.23. The second-order valence-electron chi connectivity index (χ2n) is 3.89. The number of thiophene rings is 1. The Morgan fingerprint density at radius 2 is 2.00 bits per heavy atom. The van der Waals surface area contributed by atoms with Gasteiger partial charge in [0.25, 0.3) is 0 Å². The van der Waals surface area contributed by atoms with E-state index in [2.05, 4.69) is 51.7 Å². The molecule has 0 atom stereocenters. The molecule has 84 valence electrons. The lowest BCUT2D eigenvalue weighted by atomic mass is 10.1. The average molecular weight is 240 g/mol. The van der Waals surface area contributed by atoms with E-state index in [1.54, 1.807) is 17.5 Å². The third-order valence-electron chi connectivity index (χ3n) is 2.69. The lowest BCUT2D eigenvalue weighted by molar-refractivity contribution is 1.03. The molecule has 3 heteroatoms. The van der Waals surface area contributed by atoms with Crippen LogP contribution < -0.4 is 0 Å². The average Bonchev–Trinajstić information content (AvgIpc) is 3.01. The second-order valence-corrected chi connectivity index (χ2v) is 4.83. The van der Waals surface area contributed by atoms with Gasteiger partial charge in [-0.15, -0.1) is 11.3 Å². The van der Waals surface area contributed by atoms with Crippen LogP contribution in [0.1, 0.15) is 11.4 Å². The highest BCUT2D eigenvalue weighted by atomic mass is 32.1. The van der Waals surface area contributed by atoms with E-state index in [0.717, 1.165) is 12.2 Å². The minimum Gasteiger partial charge on any atom is -0.348 e. The minimum atomic E-state index is 0.859. The Morgan fingerprint density at radius 3 is 2.65 bits per heavy atom. The van der Waals surface area contributed by atoms with Crippen molar-refractivity contribution in [2.45, 2.75) is 6.42 Å². The number of benzene rings is 1. The smallest absolute Gasteiger partial charge is 0.110 e. The normalized spacial score (nSPS) is 10.6. The Bertz CT molecular complexity index is 565. The van der Waals surface area contributed by atoms with E-state index in [1.165, 1.54) is 16.0 Å². The van der Waals surface area contributed by atoms with Gasteiger partial charge in [0.2, 0.25) is 0 Å². The molecule has 0 spiro atoms. The Balaban J connectivity index is 1.81. The molecule has 0 aliphatic rings. The summed E-state index contributed by atoms with van der Waals surface area (Å²) in [7, 11) is 0. The fraction of sp³-hybridized carbons (Fsp3) is 0.0714. The van der Waals surface area contributed by atoms with Crippen LogP contribution in [0.2, 0.25) is 0 Å². The second kappa shape index (κ2) is 4.55. The number of nitrogens with one attached hydrogen (secondary N) is 1. The van der Waals surface area contributed by atoms with Gasteiger partial charge in [-0.05, 0) is 22.6 Å². The van der Waals surface area contributed by atoms with E-state index in [4.69, 9.17) is 0 Å². The maximum absolute atomic E-state index is 4.23. The van der Waals surface area contributed by atoms with Gasteiger partial charge in [-0.25, -0.2) is 4.98 Å². The summed E-state index contributed by atoms with van der Waals surface area (Å²) in [6.07, 6.45) is 4.50. The molecule has 0 fully saturated rings. The molecule has 0 bridgehead atoms. The first-order chi connectivity index (χ1) is 8.42. The molecule has 1 aromatic carbocycles. The standard InChI is InChI=1S/C14H12N2S/c1-2-13(17-9-1)12-5-3-11(4-6-12)10-14-15-7-8-16-14/h1-9H,10H2,(H,15,16). The Kier molecular flexibility index (Phi) is 2.76. The van der Waals surface area contributed by atoms with E-state index < -0.39 is 0 Å². The zero-order valence-electron chi connectivity index (χ0n) is 9.26. The van der Waals surface area contributed by atoms with Gasteiger partial charge in [-0.1, -0.05) is 30.3 Å². The topological polar surface area (TPSA) is 28.7 Å². The zero-order valence-corrected chi connectivity index (χ0v) is 10.1. The molecule has 0 saturated carbocycles. The van der Waals surface area contributed by atoms with E-state index in [9.17, 15) is 0 Å². The Hall–Kier alpha value is -1.87. The van der Waals surface area contributed by atoms with Gasteiger partial charge in [0.1, 0.15) is 5.82 Å². The highest BCUT2D eigenvalue weighted by Crippen LogP contribution is 2.24. The predicted molar refractivity (Wildman–Crippen MR) is 71.1 cm³/mol. The lowest BCUT2D eigenvalue weighted by Crippen LogP contribution is -1.90. The van der Waals surface area contributed by atoms with Crippen LogP contribution >= 0.6 is 11.3 Å². The van der Waals surface area contributed by atoms with Crippen LogP contribution in [0.15, 0.2) is 54.2 Å². The quantitative estimate of drug-likeness (QED) is 0.742. The first-order valence-electron chi connectivity index (χ1n) is 5.53. The summed E-state index contributed by atoms with van der Waals surface area (Å²) in [4.78, 5) is 8.66. The van der Waals surface area contributed by atoms with Gasteiger partial charge in [-0.3, -0.25) is 0 Å². The zero-order chi connectivity index (χ0) is 11.5. The summed E-state index contributed by atoms with van der Waals surface area (Å²) in [5.74, 6) is 1.01. The van der Waals surface area contributed by atoms with Crippen molar-refractivity contribution in [3.05, 3.63) is 65.6 Å². The fourth-order valence-corrected chi connectivity index (χ4v) is 2.55. The summed E-state index contributed by atoms with van der Waals surface area (Å²) in [6.45, 7) is 0. The number of hydrogen-bond donors (Lipinski definition) is 1. The molecule has 0 aliphatic carbocycles. The largest absolute Gasteiger partial charge is 0.348 e. The summed E-state index contributed by atoms with van der Waals surface area (Å²) >= 11 is 1.77. The van der Waals surface area contributed by atoms with Crippen molar-refractivity contribution < 1.29 is 0 Å². The number of rotatable bonds is 3. The molecule has 2 heterocycles. The van der Waals surface area contributed by atoms with Crippen LogP contribution in [0.5, 0.6) is 0 Å². The minimum absolute atomic E-state index is 0.859. The Labute approximate surface area is 104 Å². The predicted octanol–water partition coefficient (Wildman–Crippen LogP) is 3.73. The molecule has 2 nitrogen and oxygen atoms in total. The third kappa shape index (κ3) is 2.29. The molecule has 0 saturated heterocycles. The monoisotopic (exact) mass is 240 g/mol. The number of H-pyrrole nitrogens is 1. The molecule has 2 aromatic heterocycles. The maximum Gasteiger partial charge on any atom is 0.110 e. The highest BCUT2D eigenvalue weighted by Gasteiger charge is 2.00. The summed E-state index contributed by atoms with van der Waals surface area (Å²) in [6, 6.07) is 12.9. The van der Waals surface area contributed by atoms with Gasteiger partial charge >= 0.3 is 0 Å². The summed E-state index contributed by atoms with van der Waals surface area (Å²) < 4.78 is 0. The van der Waals surface area contributed by atoms with Crippen molar-refractivity contribution >= 4 is 11.3 Å². The summed E-state index contributed by atoms with van der Waals surface area (Å²) in [5.41, 5.74) is 2.56. The van der Waals surface area contributed by atoms with Crippen molar-refractivity contribution in [3.8, 4) is 10.4 Å². The van der Waals surface area contributed by atoms with E-state index in [0.29, 0.717) is 0 Å². The van der Waals surface area contributed by atoms with E-state index in [1.807, 2.05) is 6.20 Å². The van der Waals surface area contributed by atoms with Gasteiger partial charge in [0.15, 0.2) is 0 Å². The highest BCUT2D eigenvalue weighted by molar-refractivity contribution is 7.13. The number of aromatic nitrogens is 2. The first kappa shape index (κ1) is 10.3. The number of aromatic amines is 1.